The molecule has 0 saturated carbocycles. The first-order chi connectivity index (χ1) is 11.6. The summed E-state index contributed by atoms with van der Waals surface area (Å²) in [5.74, 6) is 0. The van der Waals surface area contributed by atoms with Gasteiger partial charge in [0.05, 0.1) is 4.92 Å². The van der Waals surface area contributed by atoms with Gasteiger partial charge in [0.15, 0.2) is 0 Å². The number of piperazine rings is 1. The topological polar surface area (TPSA) is 52.9 Å². The Morgan fingerprint density at radius 2 is 1.79 bits per heavy atom. The molecule has 3 rings (SSSR count). The summed E-state index contributed by atoms with van der Waals surface area (Å²) in [4.78, 5) is 18.3. The highest BCUT2D eigenvalue weighted by Gasteiger charge is 2.25. The Balaban J connectivity index is 1.49. The summed E-state index contributed by atoms with van der Waals surface area (Å²) >= 11 is 0. The molecule has 0 spiro atoms. The zero-order valence-corrected chi connectivity index (χ0v) is 14.6. The molecule has 2 fully saturated rings. The standard InChI is InChI=1S/C18H28N4O2/c1-19-9-5-4-7-17(19)15-21-12-10-20(11-13-21)14-16-6-2-3-8-18(16)22(23)24/h2-3,6,8,17H,4-5,7,9-15H2,1H3/t17-/m1/s1. The molecule has 0 aromatic heterocycles. The summed E-state index contributed by atoms with van der Waals surface area (Å²) in [5, 5.41) is 11.1. The third kappa shape index (κ3) is 4.32. The molecule has 0 aliphatic carbocycles. The van der Waals surface area contributed by atoms with Gasteiger partial charge < -0.3 is 4.90 Å². The second kappa shape index (κ2) is 8.05. The average Bonchev–Trinajstić information content (AvgIpc) is 2.59. The van der Waals surface area contributed by atoms with Crippen LogP contribution in [0.5, 0.6) is 0 Å². The lowest BCUT2D eigenvalue weighted by Crippen LogP contribution is -2.51. The molecule has 0 N–H and O–H groups in total. The number of rotatable bonds is 5. The van der Waals surface area contributed by atoms with Crippen LogP contribution in [0.2, 0.25) is 0 Å². The van der Waals surface area contributed by atoms with Gasteiger partial charge in [-0.25, -0.2) is 0 Å². The molecule has 2 saturated heterocycles. The molecule has 6 nitrogen and oxygen atoms in total. The normalized spacial score (nSPS) is 24.1. The van der Waals surface area contributed by atoms with Crippen molar-refractivity contribution in [3.8, 4) is 0 Å². The van der Waals surface area contributed by atoms with Gasteiger partial charge in [-0.2, -0.15) is 0 Å². The van der Waals surface area contributed by atoms with Gasteiger partial charge in [-0.05, 0) is 26.4 Å². The molecule has 6 heteroatoms. The fourth-order valence-corrected chi connectivity index (χ4v) is 3.87. The van der Waals surface area contributed by atoms with Gasteiger partial charge in [-0.15, -0.1) is 0 Å². The second-order valence-electron chi connectivity index (χ2n) is 7.09. The van der Waals surface area contributed by atoms with E-state index in [2.05, 4.69) is 21.7 Å². The van der Waals surface area contributed by atoms with Crippen molar-refractivity contribution >= 4 is 5.69 Å². The first kappa shape index (κ1) is 17.3. The Labute approximate surface area is 144 Å². The van der Waals surface area contributed by atoms with E-state index in [0.29, 0.717) is 12.6 Å². The van der Waals surface area contributed by atoms with Gasteiger partial charge in [0.1, 0.15) is 0 Å². The van der Waals surface area contributed by atoms with Crippen LogP contribution in [0.15, 0.2) is 24.3 Å². The first-order valence-electron chi connectivity index (χ1n) is 9.01. The highest BCUT2D eigenvalue weighted by Crippen LogP contribution is 2.21. The van der Waals surface area contributed by atoms with Crippen LogP contribution in [0.1, 0.15) is 24.8 Å². The minimum Gasteiger partial charge on any atom is -0.302 e. The van der Waals surface area contributed by atoms with Gasteiger partial charge in [0.2, 0.25) is 0 Å². The average molecular weight is 332 g/mol. The maximum absolute atomic E-state index is 11.1. The SMILES string of the molecule is CN1CCCC[C@@H]1CN1CCN(Cc2ccccc2[N+](=O)[O-])CC1. The number of piperidine rings is 1. The summed E-state index contributed by atoms with van der Waals surface area (Å²) in [6.45, 7) is 7.16. The predicted octanol–water partition coefficient (Wildman–Crippen LogP) is 2.20. The minimum atomic E-state index is -0.273. The van der Waals surface area contributed by atoms with Crippen molar-refractivity contribution in [2.75, 3.05) is 46.3 Å². The Kier molecular flexibility index (Phi) is 5.81. The largest absolute Gasteiger partial charge is 0.302 e. The van der Waals surface area contributed by atoms with Crippen LogP contribution in [-0.2, 0) is 6.54 Å². The lowest BCUT2D eigenvalue weighted by Gasteiger charge is -2.40. The summed E-state index contributed by atoms with van der Waals surface area (Å²) in [5.41, 5.74) is 1.06. The smallest absolute Gasteiger partial charge is 0.273 e. The summed E-state index contributed by atoms with van der Waals surface area (Å²) in [6.07, 6.45) is 4.00. The third-order valence-electron chi connectivity index (χ3n) is 5.44. The maximum atomic E-state index is 11.1. The third-order valence-corrected chi connectivity index (χ3v) is 5.44. The Bertz CT molecular complexity index is 558. The zero-order chi connectivity index (χ0) is 16.9. The van der Waals surface area contributed by atoms with Crippen LogP contribution >= 0.6 is 0 Å². The van der Waals surface area contributed by atoms with Crippen molar-refractivity contribution in [2.24, 2.45) is 0 Å². The fraction of sp³-hybridized carbons (Fsp3) is 0.667. The van der Waals surface area contributed by atoms with Crippen LogP contribution < -0.4 is 0 Å². The van der Waals surface area contributed by atoms with Gasteiger partial charge in [0.25, 0.3) is 5.69 Å². The minimum absolute atomic E-state index is 0.240. The quantitative estimate of drug-likeness (QED) is 0.611. The molecule has 24 heavy (non-hydrogen) atoms. The zero-order valence-electron chi connectivity index (χ0n) is 14.6. The molecule has 132 valence electrons. The maximum Gasteiger partial charge on any atom is 0.273 e. The number of likely N-dealkylation sites (N-methyl/N-ethyl adjacent to an activating group) is 1. The molecule has 2 heterocycles. The molecule has 2 aliphatic heterocycles. The second-order valence-corrected chi connectivity index (χ2v) is 7.09. The van der Waals surface area contributed by atoms with E-state index in [1.165, 1.54) is 25.8 Å². The van der Waals surface area contributed by atoms with E-state index in [9.17, 15) is 10.1 Å². The summed E-state index contributed by atoms with van der Waals surface area (Å²) < 4.78 is 0. The molecule has 0 radical (unpaired) electrons. The van der Waals surface area contributed by atoms with Crippen LogP contribution in [0.4, 0.5) is 5.69 Å². The fourth-order valence-electron chi connectivity index (χ4n) is 3.87. The van der Waals surface area contributed by atoms with E-state index in [4.69, 9.17) is 0 Å². The van der Waals surface area contributed by atoms with E-state index in [0.717, 1.165) is 38.3 Å². The number of hydrogen-bond donors (Lipinski definition) is 0. The number of para-hydroxylation sites is 1. The van der Waals surface area contributed by atoms with Gasteiger partial charge in [-0.3, -0.25) is 19.9 Å². The Morgan fingerprint density at radius 1 is 1.08 bits per heavy atom. The molecule has 1 aromatic rings. The number of nitro groups is 1. The highest BCUT2D eigenvalue weighted by atomic mass is 16.6. The van der Waals surface area contributed by atoms with Crippen molar-refractivity contribution in [3.05, 3.63) is 39.9 Å². The lowest BCUT2D eigenvalue weighted by molar-refractivity contribution is -0.385. The van der Waals surface area contributed by atoms with Crippen LogP contribution in [-0.4, -0.2) is 72.0 Å². The molecule has 0 unspecified atom stereocenters. The Morgan fingerprint density at radius 3 is 2.50 bits per heavy atom. The molecule has 0 bridgehead atoms. The monoisotopic (exact) mass is 332 g/mol. The van der Waals surface area contributed by atoms with E-state index in [1.54, 1.807) is 12.1 Å². The van der Waals surface area contributed by atoms with E-state index < -0.39 is 0 Å². The van der Waals surface area contributed by atoms with Crippen molar-refractivity contribution < 1.29 is 4.92 Å². The number of nitrogens with zero attached hydrogens (tertiary/aromatic N) is 4. The predicted molar refractivity (Wildman–Crippen MR) is 95.1 cm³/mol. The summed E-state index contributed by atoms with van der Waals surface area (Å²) in [6, 6.07) is 7.80. The molecular weight excluding hydrogens is 304 g/mol. The number of benzene rings is 1. The lowest BCUT2D eigenvalue weighted by atomic mass is 10.0. The van der Waals surface area contributed by atoms with Crippen molar-refractivity contribution in [3.63, 3.8) is 0 Å². The van der Waals surface area contributed by atoms with Crippen molar-refractivity contribution in [2.45, 2.75) is 31.8 Å². The number of nitro benzene ring substituents is 1. The van der Waals surface area contributed by atoms with Crippen LogP contribution in [0, 0.1) is 10.1 Å². The molecule has 1 atom stereocenters. The van der Waals surface area contributed by atoms with Gasteiger partial charge >= 0.3 is 0 Å². The van der Waals surface area contributed by atoms with E-state index in [1.807, 2.05) is 12.1 Å². The Hall–Kier alpha value is -1.50. The van der Waals surface area contributed by atoms with Crippen molar-refractivity contribution in [1.82, 2.24) is 14.7 Å². The van der Waals surface area contributed by atoms with Gasteiger partial charge in [0, 0.05) is 56.9 Å². The summed E-state index contributed by atoms with van der Waals surface area (Å²) in [7, 11) is 2.24. The van der Waals surface area contributed by atoms with Crippen LogP contribution in [0.3, 0.4) is 0 Å². The molecule has 1 aromatic carbocycles. The van der Waals surface area contributed by atoms with Crippen LogP contribution in [0.25, 0.3) is 0 Å². The van der Waals surface area contributed by atoms with E-state index in [-0.39, 0.29) is 10.6 Å². The van der Waals surface area contributed by atoms with E-state index >= 15 is 0 Å². The number of hydrogen-bond acceptors (Lipinski definition) is 5. The number of likely N-dealkylation sites (tertiary alicyclic amines) is 1. The molecule has 0 amide bonds. The molecular formula is C18H28N4O2. The first-order valence-corrected chi connectivity index (χ1v) is 9.01. The van der Waals surface area contributed by atoms with Crippen molar-refractivity contribution in [1.29, 1.82) is 0 Å². The van der Waals surface area contributed by atoms with Gasteiger partial charge in [-0.1, -0.05) is 24.6 Å². The highest BCUT2D eigenvalue weighted by molar-refractivity contribution is 5.39. The molecule has 2 aliphatic rings.